The topological polar surface area (TPSA) is 78.6 Å². The maximum atomic E-state index is 12.8. The summed E-state index contributed by atoms with van der Waals surface area (Å²) in [7, 11) is 0. The molecule has 53 heavy (non-hydrogen) atoms. The van der Waals surface area contributed by atoms with Crippen molar-refractivity contribution in [3.8, 4) is 0 Å². The summed E-state index contributed by atoms with van der Waals surface area (Å²) < 4.78 is 77.1. The average Bonchev–Trinajstić information content (AvgIpc) is 3.80. The highest BCUT2D eigenvalue weighted by Crippen LogP contribution is 2.31. The first-order chi connectivity index (χ1) is 23.9. The van der Waals surface area contributed by atoms with Gasteiger partial charge < -0.3 is 25.1 Å². The number of hydrogen-bond donors (Lipinski definition) is 0. The molecule has 2 amide bonds. The molecule has 4 heterocycles. The lowest BCUT2D eigenvalue weighted by Gasteiger charge is -2.38. The van der Waals surface area contributed by atoms with Gasteiger partial charge in [-0.3, -0.25) is 9.59 Å². The lowest BCUT2D eigenvalue weighted by Crippen LogP contribution is -2.49. The van der Waals surface area contributed by atoms with E-state index in [1.165, 1.54) is 37.8 Å². The molecular weight excluding hydrogens is 745 g/mol. The van der Waals surface area contributed by atoms with Crippen molar-refractivity contribution in [2.24, 2.45) is 0 Å². The number of amides is 2. The molecule has 4 saturated heterocycles. The van der Waals surface area contributed by atoms with Crippen LogP contribution in [0.3, 0.4) is 0 Å². The fourth-order valence-electron chi connectivity index (χ4n) is 7.83. The largest absolute Gasteiger partial charge is 0.416 e. The van der Waals surface area contributed by atoms with E-state index in [0.717, 1.165) is 115 Å². The Morgan fingerprint density at radius 1 is 0.547 bits per heavy atom. The number of benzene rings is 2. The Morgan fingerprint density at radius 2 is 0.887 bits per heavy atom. The van der Waals surface area contributed by atoms with Gasteiger partial charge in [-0.2, -0.15) is 26.3 Å². The van der Waals surface area contributed by atoms with Crippen molar-refractivity contribution in [2.45, 2.75) is 101 Å². The van der Waals surface area contributed by atoms with Gasteiger partial charge in [-0.1, -0.05) is 36.4 Å². The van der Waals surface area contributed by atoms with Crippen molar-refractivity contribution in [3.05, 3.63) is 70.8 Å². The molecule has 2 N–H and O–H groups in total. The second kappa shape index (κ2) is 21.5. The SMILES string of the molecule is Cl.Cl.O.O=C(Cc1cccc(C(F)(F)F)c1)N1CCCCC1CN1CCCC1.O=C(Cc1cccc(C(F)(F)F)c1)N1CCCC[C@@H]1CN1CCCC1. The van der Waals surface area contributed by atoms with Gasteiger partial charge in [0.2, 0.25) is 11.8 Å². The first kappa shape index (κ1) is 46.6. The summed E-state index contributed by atoms with van der Waals surface area (Å²) in [6, 6.07) is 10.6. The Hall–Kier alpha value is -2.58. The van der Waals surface area contributed by atoms with Crippen molar-refractivity contribution in [2.75, 3.05) is 52.4 Å². The van der Waals surface area contributed by atoms with Crippen LogP contribution >= 0.6 is 24.8 Å². The Morgan fingerprint density at radius 3 is 1.23 bits per heavy atom. The summed E-state index contributed by atoms with van der Waals surface area (Å²) in [5.41, 5.74) is -0.509. The number of nitrogens with zero attached hydrogens (tertiary/aromatic N) is 4. The number of likely N-dealkylation sites (tertiary alicyclic amines) is 4. The Bertz CT molecular complexity index is 1320. The van der Waals surface area contributed by atoms with Crippen LogP contribution in [0.25, 0.3) is 0 Å². The monoisotopic (exact) mass is 798 g/mol. The second-order valence-corrected chi connectivity index (χ2v) is 14.2. The first-order valence-corrected chi connectivity index (χ1v) is 18.2. The summed E-state index contributed by atoms with van der Waals surface area (Å²) in [6.45, 7) is 7.59. The second-order valence-electron chi connectivity index (χ2n) is 14.2. The van der Waals surface area contributed by atoms with E-state index < -0.39 is 23.5 Å². The predicted octanol–water partition coefficient (Wildman–Crippen LogP) is 7.47. The van der Waals surface area contributed by atoms with E-state index in [4.69, 9.17) is 0 Å². The third-order valence-electron chi connectivity index (χ3n) is 10.4. The molecule has 0 aliphatic carbocycles. The van der Waals surface area contributed by atoms with Crippen LogP contribution in [0.1, 0.15) is 86.5 Å². The molecule has 4 aliphatic heterocycles. The van der Waals surface area contributed by atoms with E-state index in [-0.39, 0.29) is 67.0 Å². The van der Waals surface area contributed by atoms with Crippen LogP contribution in [0.2, 0.25) is 0 Å². The van der Waals surface area contributed by atoms with E-state index in [1.807, 2.05) is 9.80 Å². The lowest BCUT2D eigenvalue weighted by atomic mass is 9.99. The molecule has 4 aliphatic rings. The van der Waals surface area contributed by atoms with E-state index in [9.17, 15) is 35.9 Å². The Labute approximate surface area is 321 Å². The number of alkyl halides is 6. The molecule has 4 fully saturated rings. The minimum atomic E-state index is -4.37. The van der Waals surface area contributed by atoms with Gasteiger partial charge in [-0.05, 0) is 114 Å². The van der Waals surface area contributed by atoms with Crippen molar-refractivity contribution >= 4 is 36.6 Å². The minimum Gasteiger partial charge on any atom is -0.412 e. The Kier molecular flexibility index (Phi) is 18.9. The molecule has 7 nitrogen and oxygen atoms in total. The van der Waals surface area contributed by atoms with Crippen molar-refractivity contribution in [3.63, 3.8) is 0 Å². The van der Waals surface area contributed by atoms with Crippen LogP contribution in [0.4, 0.5) is 26.3 Å². The first-order valence-electron chi connectivity index (χ1n) is 18.2. The molecule has 0 spiro atoms. The van der Waals surface area contributed by atoms with Crippen molar-refractivity contribution in [1.82, 2.24) is 19.6 Å². The number of halogens is 8. The zero-order valence-corrected chi connectivity index (χ0v) is 31.7. The van der Waals surface area contributed by atoms with Gasteiger partial charge in [-0.15, -0.1) is 24.8 Å². The summed E-state index contributed by atoms with van der Waals surface area (Å²) in [4.78, 5) is 34.1. The van der Waals surface area contributed by atoms with Crippen LogP contribution < -0.4 is 0 Å². The van der Waals surface area contributed by atoms with Gasteiger partial charge in [0.1, 0.15) is 0 Å². The molecular formula is C38H54Cl2F6N4O3. The van der Waals surface area contributed by atoms with Gasteiger partial charge >= 0.3 is 12.4 Å². The molecule has 0 aromatic heterocycles. The van der Waals surface area contributed by atoms with Crippen molar-refractivity contribution in [1.29, 1.82) is 0 Å². The summed E-state index contributed by atoms with van der Waals surface area (Å²) in [5, 5.41) is 0. The van der Waals surface area contributed by atoms with Crippen LogP contribution in [0.15, 0.2) is 48.5 Å². The number of piperidine rings is 2. The quantitative estimate of drug-likeness (QED) is 0.260. The molecule has 0 saturated carbocycles. The van der Waals surface area contributed by atoms with Gasteiger partial charge in [0.15, 0.2) is 0 Å². The number of hydrogen-bond acceptors (Lipinski definition) is 4. The third kappa shape index (κ3) is 13.9. The standard InChI is InChI=1S/2C19H25F3N2O.2ClH.H2O/c2*20-19(21,22)16-7-5-6-15(12-16)13-18(25)24-11-2-1-8-17(24)14-23-9-3-4-10-23;;;/h2*5-7,12,17H,1-4,8-11,13-14H2;2*1H;1H2/t17-;;;;/m1..../s1. The van der Waals surface area contributed by atoms with E-state index in [0.29, 0.717) is 11.1 Å². The highest BCUT2D eigenvalue weighted by molar-refractivity contribution is 5.85. The van der Waals surface area contributed by atoms with Crippen LogP contribution in [-0.4, -0.2) is 101 Å². The molecule has 2 aromatic carbocycles. The van der Waals surface area contributed by atoms with Crippen molar-refractivity contribution < 1.29 is 41.4 Å². The molecule has 2 aromatic rings. The minimum absolute atomic E-state index is 0. The zero-order chi connectivity index (χ0) is 35.7. The highest BCUT2D eigenvalue weighted by atomic mass is 35.5. The molecule has 300 valence electrons. The fraction of sp³-hybridized carbons (Fsp3) is 0.632. The molecule has 6 rings (SSSR count). The molecule has 2 atom stereocenters. The summed E-state index contributed by atoms with van der Waals surface area (Å²) in [5.74, 6) is -0.105. The van der Waals surface area contributed by atoms with Crippen LogP contribution in [0, 0.1) is 0 Å². The fourth-order valence-corrected chi connectivity index (χ4v) is 7.83. The zero-order valence-electron chi connectivity index (χ0n) is 30.1. The molecule has 15 heteroatoms. The summed E-state index contributed by atoms with van der Waals surface area (Å²) >= 11 is 0. The molecule has 1 unspecified atom stereocenters. The maximum Gasteiger partial charge on any atom is 0.416 e. The maximum absolute atomic E-state index is 12.8. The predicted molar refractivity (Wildman–Crippen MR) is 198 cm³/mol. The van der Waals surface area contributed by atoms with Gasteiger partial charge in [-0.25, -0.2) is 0 Å². The number of carbonyl (C=O) groups excluding carboxylic acids is 2. The molecule has 0 bridgehead atoms. The Balaban J connectivity index is 0.000000347. The average molecular weight is 800 g/mol. The lowest BCUT2D eigenvalue weighted by molar-refractivity contribution is -0.138. The third-order valence-corrected chi connectivity index (χ3v) is 10.4. The highest BCUT2D eigenvalue weighted by Gasteiger charge is 2.34. The van der Waals surface area contributed by atoms with E-state index >= 15 is 0 Å². The van der Waals surface area contributed by atoms with Gasteiger partial charge in [0.25, 0.3) is 0 Å². The number of carbonyl (C=O) groups is 2. The van der Waals surface area contributed by atoms with E-state index in [2.05, 4.69) is 9.80 Å². The summed E-state index contributed by atoms with van der Waals surface area (Å²) in [6.07, 6.45) is 2.36. The molecule has 0 radical (unpaired) electrons. The van der Waals surface area contributed by atoms with E-state index in [1.54, 1.807) is 12.1 Å². The van der Waals surface area contributed by atoms with Crippen LogP contribution in [0.5, 0.6) is 0 Å². The van der Waals surface area contributed by atoms with Crippen LogP contribution in [-0.2, 0) is 34.8 Å². The number of rotatable bonds is 8. The smallest absolute Gasteiger partial charge is 0.412 e. The normalized spacial score (nSPS) is 21.1. The van der Waals surface area contributed by atoms with Gasteiger partial charge in [0, 0.05) is 38.3 Å². The van der Waals surface area contributed by atoms with Gasteiger partial charge in [0.05, 0.1) is 24.0 Å².